The topological polar surface area (TPSA) is 0 Å². The number of rotatable bonds is 2. The Labute approximate surface area is 86.5 Å². The van der Waals surface area contributed by atoms with E-state index in [1.54, 1.807) is 0 Å². The maximum Gasteiger partial charge on any atom is 0.379 e. The standard InChI is InChI=1S/C9H12S.CHF3/c1-8-3-5-9(6-4-8)7-10-2;2-1(3)4/h3-6H,7H2,1-2H3;1H/p+1. The van der Waals surface area contributed by atoms with Crippen LogP contribution in [0, 0.1) is 6.92 Å². The van der Waals surface area contributed by atoms with Gasteiger partial charge in [-0.3, -0.25) is 0 Å². The lowest BCUT2D eigenvalue weighted by molar-refractivity contribution is 0.00819. The fourth-order valence-electron chi connectivity index (χ4n) is 0.876. The second-order valence-electron chi connectivity index (χ2n) is 2.71. The molecule has 0 aliphatic carbocycles. The molecule has 0 spiro atoms. The molecule has 1 aromatic carbocycles. The minimum atomic E-state index is -3.67. The first-order valence-electron chi connectivity index (χ1n) is 4.09. The van der Waals surface area contributed by atoms with Gasteiger partial charge in [-0.15, -0.1) is 0 Å². The van der Waals surface area contributed by atoms with Crippen molar-refractivity contribution in [3.8, 4) is 0 Å². The fourth-order valence-corrected chi connectivity index (χ4v) is 1.45. The molecule has 0 aliphatic heterocycles. The monoisotopic (exact) mass is 223 g/mol. The van der Waals surface area contributed by atoms with Crippen LogP contribution < -0.4 is 0 Å². The summed E-state index contributed by atoms with van der Waals surface area (Å²) in [6.07, 6.45) is 2.18. The maximum absolute atomic E-state index is 9.67. The number of thiol groups is 1. The van der Waals surface area contributed by atoms with E-state index in [2.05, 4.69) is 37.4 Å². The zero-order valence-corrected chi connectivity index (χ0v) is 9.07. The van der Waals surface area contributed by atoms with Crippen molar-refractivity contribution in [2.75, 3.05) is 6.26 Å². The summed E-state index contributed by atoms with van der Waals surface area (Å²) in [5, 5.41) is 0. The summed E-state index contributed by atoms with van der Waals surface area (Å²) in [5.41, 5.74) is 2.78. The molecule has 0 aliphatic rings. The lowest BCUT2D eigenvalue weighted by Crippen LogP contribution is -1.84. The first-order chi connectivity index (χ1) is 6.56. The average Bonchev–Trinajstić information content (AvgIpc) is 2.08. The van der Waals surface area contributed by atoms with Crippen molar-refractivity contribution in [2.24, 2.45) is 0 Å². The van der Waals surface area contributed by atoms with Crippen LogP contribution in [0.5, 0.6) is 0 Å². The SMILES string of the molecule is C[SH+]Cc1ccc(C)cc1.FC(F)F. The van der Waals surface area contributed by atoms with Gasteiger partial charge in [-0.2, -0.15) is 13.2 Å². The van der Waals surface area contributed by atoms with E-state index in [-0.39, 0.29) is 0 Å². The molecule has 0 atom stereocenters. The van der Waals surface area contributed by atoms with Crippen LogP contribution in [0.4, 0.5) is 13.2 Å². The number of hydrogen-bond acceptors (Lipinski definition) is 0. The largest absolute Gasteiger partial charge is 0.379 e. The van der Waals surface area contributed by atoms with Gasteiger partial charge in [-0.05, 0) is 18.7 Å². The van der Waals surface area contributed by atoms with E-state index < -0.39 is 6.68 Å². The minimum absolute atomic E-state index is 1.18. The fraction of sp³-hybridized carbons (Fsp3) is 0.400. The number of aryl methyl sites for hydroxylation is 1. The molecule has 4 heteroatoms. The average molecular weight is 223 g/mol. The Morgan fingerprint density at radius 1 is 1.14 bits per heavy atom. The van der Waals surface area contributed by atoms with Crippen molar-refractivity contribution in [2.45, 2.75) is 19.4 Å². The molecule has 14 heavy (non-hydrogen) atoms. The van der Waals surface area contributed by atoms with Crippen molar-refractivity contribution < 1.29 is 13.2 Å². The van der Waals surface area contributed by atoms with Gasteiger partial charge in [0.2, 0.25) is 0 Å². The van der Waals surface area contributed by atoms with Gasteiger partial charge in [0.1, 0.15) is 5.75 Å². The van der Waals surface area contributed by atoms with Crippen molar-refractivity contribution >= 4 is 11.8 Å². The van der Waals surface area contributed by atoms with Crippen LogP contribution in [0.1, 0.15) is 11.1 Å². The van der Waals surface area contributed by atoms with Gasteiger partial charge in [0, 0.05) is 5.56 Å². The van der Waals surface area contributed by atoms with E-state index in [1.807, 2.05) is 0 Å². The Morgan fingerprint density at radius 2 is 1.57 bits per heavy atom. The second-order valence-corrected chi connectivity index (χ2v) is 3.66. The summed E-state index contributed by atoms with van der Waals surface area (Å²) < 4.78 is 29.0. The molecule has 1 aromatic rings. The molecule has 0 fully saturated rings. The molecule has 0 N–H and O–H groups in total. The highest BCUT2D eigenvalue weighted by Gasteiger charge is 1.93. The van der Waals surface area contributed by atoms with E-state index in [9.17, 15) is 13.2 Å². The summed E-state index contributed by atoms with van der Waals surface area (Å²) in [4.78, 5) is 0. The highest BCUT2D eigenvalue weighted by atomic mass is 32.2. The molecule has 0 saturated carbocycles. The Kier molecular flexibility index (Phi) is 7.38. The molecule has 1 rings (SSSR count). The molecule has 0 radical (unpaired) electrons. The summed E-state index contributed by atoms with van der Waals surface area (Å²) in [6, 6.07) is 8.73. The van der Waals surface area contributed by atoms with Gasteiger partial charge >= 0.3 is 6.68 Å². The molecule has 80 valence electrons. The molecular formula is C10H14F3S+. The van der Waals surface area contributed by atoms with E-state index in [1.165, 1.54) is 28.6 Å². The summed E-state index contributed by atoms with van der Waals surface area (Å²) >= 11 is 1.45. The summed E-state index contributed by atoms with van der Waals surface area (Å²) in [7, 11) is 0. The van der Waals surface area contributed by atoms with Gasteiger partial charge in [-0.1, -0.05) is 29.8 Å². The highest BCUT2D eigenvalue weighted by Crippen LogP contribution is 2.03. The first-order valence-corrected chi connectivity index (χ1v) is 5.62. The third-order valence-corrected chi connectivity index (χ3v) is 2.14. The summed E-state index contributed by atoms with van der Waals surface area (Å²) in [6.45, 7) is -1.55. The van der Waals surface area contributed by atoms with E-state index >= 15 is 0 Å². The van der Waals surface area contributed by atoms with Crippen LogP contribution in [0.15, 0.2) is 24.3 Å². The molecule has 0 nitrogen and oxygen atoms in total. The lowest BCUT2D eigenvalue weighted by Gasteiger charge is -1.93. The van der Waals surface area contributed by atoms with Crippen molar-refractivity contribution in [3.63, 3.8) is 0 Å². The predicted molar refractivity (Wildman–Crippen MR) is 56.7 cm³/mol. The molecule has 0 saturated heterocycles. The van der Waals surface area contributed by atoms with Crippen LogP contribution in [-0.4, -0.2) is 12.9 Å². The van der Waals surface area contributed by atoms with E-state index in [0.717, 1.165) is 0 Å². The zero-order valence-electron chi connectivity index (χ0n) is 8.17. The Hall–Kier alpha value is -0.640. The van der Waals surface area contributed by atoms with Crippen LogP contribution >= 0.6 is 0 Å². The van der Waals surface area contributed by atoms with Crippen molar-refractivity contribution in [1.29, 1.82) is 0 Å². The second kappa shape index (κ2) is 7.74. The van der Waals surface area contributed by atoms with E-state index in [0.29, 0.717) is 0 Å². The van der Waals surface area contributed by atoms with Crippen LogP contribution in [0.25, 0.3) is 0 Å². The maximum atomic E-state index is 9.67. The molecule has 0 bridgehead atoms. The Morgan fingerprint density at radius 3 is 1.93 bits per heavy atom. The smallest absolute Gasteiger partial charge is 0.174 e. The van der Waals surface area contributed by atoms with Crippen molar-refractivity contribution in [1.82, 2.24) is 0 Å². The first kappa shape index (κ1) is 13.4. The van der Waals surface area contributed by atoms with Gasteiger partial charge < -0.3 is 0 Å². The quantitative estimate of drug-likeness (QED) is 0.534. The lowest BCUT2D eigenvalue weighted by atomic mass is 10.2. The Balaban J connectivity index is 0.000000364. The zero-order chi connectivity index (χ0) is 11.0. The number of hydrogen-bond donors (Lipinski definition) is 0. The molecule has 0 amide bonds. The van der Waals surface area contributed by atoms with E-state index in [4.69, 9.17) is 0 Å². The number of halogens is 3. The minimum Gasteiger partial charge on any atom is -0.174 e. The van der Waals surface area contributed by atoms with Crippen LogP contribution in [0.3, 0.4) is 0 Å². The third kappa shape index (κ3) is 7.98. The molecular weight excluding hydrogens is 209 g/mol. The summed E-state index contributed by atoms with van der Waals surface area (Å²) in [5.74, 6) is 1.18. The third-order valence-electron chi connectivity index (χ3n) is 1.46. The van der Waals surface area contributed by atoms with Crippen molar-refractivity contribution in [3.05, 3.63) is 35.4 Å². The van der Waals surface area contributed by atoms with Gasteiger partial charge in [0.15, 0.2) is 0 Å². The molecule has 0 unspecified atom stereocenters. The highest BCUT2D eigenvalue weighted by molar-refractivity contribution is 7.76. The number of alkyl halides is 3. The molecule has 0 aromatic heterocycles. The van der Waals surface area contributed by atoms with Gasteiger partial charge in [-0.25, -0.2) is 0 Å². The van der Waals surface area contributed by atoms with Crippen LogP contribution in [0.2, 0.25) is 0 Å². The van der Waals surface area contributed by atoms with Gasteiger partial charge in [0.05, 0.1) is 6.26 Å². The predicted octanol–water partition coefficient (Wildman–Crippen LogP) is 3.12. The van der Waals surface area contributed by atoms with Gasteiger partial charge in [0.25, 0.3) is 0 Å². The normalized spacial score (nSPS) is 9.57. The Bertz CT molecular complexity index is 231. The number of benzene rings is 1. The molecule has 0 heterocycles. The van der Waals surface area contributed by atoms with Crippen LogP contribution in [-0.2, 0) is 17.5 Å².